The largest absolute Gasteiger partial charge is 0.382 e. The summed E-state index contributed by atoms with van der Waals surface area (Å²) in [4.78, 5) is 16.9. The lowest BCUT2D eigenvalue weighted by Gasteiger charge is -2.22. The molecular weight excluding hydrogens is 288 g/mol. The lowest BCUT2D eigenvalue weighted by molar-refractivity contribution is 0.0537. The summed E-state index contributed by atoms with van der Waals surface area (Å²) in [5, 5.41) is 6.83. The fourth-order valence-electron chi connectivity index (χ4n) is 2.15. The zero-order chi connectivity index (χ0) is 15.5. The van der Waals surface area contributed by atoms with E-state index in [1.165, 1.54) is 11.3 Å². The smallest absolute Gasteiger partial charge is 0.265 e. The van der Waals surface area contributed by atoms with Crippen molar-refractivity contribution >= 4 is 28.2 Å². The Kier molecular flexibility index (Phi) is 5.05. The van der Waals surface area contributed by atoms with Gasteiger partial charge in [0, 0.05) is 18.7 Å². The molecule has 21 heavy (non-hydrogen) atoms. The van der Waals surface area contributed by atoms with Gasteiger partial charge in [-0.2, -0.15) is 0 Å². The Morgan fingerprint density at radius 2 is 2.29 bits per heavy atom. The molecule has 6 nitrogen and oxygen atoms in total. The molecule has 1 aromatic heterocycles. The zero-order valence-electron chi connectivity index (χ0n) is 12.9. The molecule has 2 rings (SSSR count). The molecule has 7 heteroatoms. The number of nitrogen functional groups attached to an aromatic ring is 1. The highest BCUT2D eigenvalue weighted by Crippen LogP contribution is 2.27. The molecule has 0 radical (unpaired) electrons. The highest BCUT2D eigenvalue weighted by molar-refractivity contribution is 7.18. The predicted molar refractivity (Wildman–Crippen MR) is 85.8 cm³/mol. The van der Waals surface area contributed by atoms with Crippen LogP contribution < -0.4 is 16.4 Å². The van der Waals surface area contributed by atoms with E-state index < -0.39 is 0 Å². The summed E-state index contributed by atoms with van der Waals surface area (Å²) in [5.41, 5.74) is 5.73. The number of nitrogens with two attached hydrogens (primary N) is 1. The van der Waals surface area contributed by atoms with Crippen molar-refractivity contribution in [2.45, 2.75) is 39.2 Å². The Bertz CT molecular complexity index is 490. The first-order valence-corrected chi connectivity index (χ1v) is 8.07. The molecule has 0 aliphatic carbocycles. The number of thiazole rings is 1. The van der Waals surface area contributed by atoms with Crippen molar-refractivity contribution in [1.82, 2.24) is 10.3 Å². The van der Waals surface area contributed by atoms with Gasteiger partial charge in [-0.1, -0.05) is 11.3 Å². The summed E-state index contributed by atoms with van der Waals surface area (Å²) >= 11 is 1.29. The average molecular weight is 312 g/mol. The minimum absolute atomic E-state index is 0.114. The molecule has 1 fully saturated rings. The third-order valence-corrected chi connectivity index (χ3v) is 4.13. The fourth-order valence-corrected chi connectivity index (χ4v) is 3.16. The maximum absolute atomic E-state index is 12.2. The summed E-state index contributed by atoms with van der Waals surface area (Å²) < 4.78 is 5.41. The number of aromatic nitrogens is 1. The molecule has 0 aromatic carbocycles. The normalized spacial score (nSPS) is 19.3. The van der Waals surface area contributed by atoms with E-state index in [4.69, 9.17) is 10.5 Å². The minimum atomic E-state index is -0.155. The first kappa shape index (κ1) is 16.0. The van der Waals surface area contributed by atoms with Crippen LogP contribution in [0.3, 0.4) is 0 Å². The monoisotopic (exact) mass is 312 g/mol. The molecular formula is C14H24N4O2S. The number of ether oxygens (including phenoxy) is 1. The number of rotatable bonds is 4. The summed E-state index contributed by atoms with van der Waals surface area (Å²) in [6.45, 7) is 8.27. The summed E-state index contributed by atoms with van der Waals surface area (Å²) in [5.74, 6) is 0.519. The van der Waals surface area contributed by atoms with Gasteiger partial charge in [-0.3, -0.25) is 4.79 Å². The van der Waals surface area contributed by atoms with Gasteiger partial charge in [0.05, 0.1) is 6.61 Å². The van der Waals surface area contributed by atoms with Gasteiger partial charge < -0.3 is 21.1 Å². The van der Waals surface area contributed by atoms with Gasteiger partial charge in [0.2, 0.25) is 0 Å². The number of hydrogen-bond donors (Lipinski definition) is 3. The molecule has 1 saturated heterocycles. The average Bonchev–Trinajstić information content (AvgIpc) is 2.76. The fraction of sp³-hybridized carbons (Fsp3) is 0.714. The van der Waals surface area contributed by atoms with E-state index in [1.807, 2.05) is 20.8 Å². The van der Waals surface area contributed by atoms with Crippen molar-refractivity contribution in [2.24, 2.45) is 5.92 Å². The molecule has 4 N–H and O–H groups in total. The van der Waals surface area contributed by atoms with E-state index in [0.717, 1.165) is 26.1 Å². The second-order valence-electron chi connectivity index (χ2n) is 6.40. The standard InChI is InChI=1S/C14H24N4O2S/c1-14(2,3)18-13-17-11(15)10(21-13)12(19)16-7-9-5-4-6-20-8-9/h9H,4-8,15H2,1-3H3,(H,16,19)(H,17,18). The number of carbonyl (C=O) groups is 1. The third-order valence-electron chi connectivity index (χ3n) is 3.15. The zero-order valence-corrected chi connectivity index (χ0v) is 13.7. The highest BCUT2D eigenvalue weighted by atomic mass is 32.1. The Morgan fingerprint density at radius 3 is 2.90 bits per heavy atom. The minimum Gasteiger partial charge on any atom is -0.382 e. The number of carbonyl (C=O) groups excluding carboxylic acids is 1. The van der Waals surface area contributed by atoms with Crippen LogP contribution in [0.1, 0.15) is 43.3 Å². The molecule has 1 unspecified atom stereocenters. The lowest BCUT2D eigenvalue weighted by Crippen LogP contribution is -2.33. The van der Waals surface area contributed by atoms with Gasteiger partial charge in [-0.15, -0.1) is 0 Å². The van der Waals surface area contributed by atoms with E-state index in [2.05, 4.69) is 15.6 Å². The molecule has 1 amide bonds. The van der Waals surface area contributed by atoms with Crippen molar-refractivity contribution in [2.75, 3.05) is 30.8 Å². The van der Waals surface area contributed by atoms with E-state index in [1.54, 1.807) is 0 Å². The molecule has 2 heterocycles. The van der Waals surface area contributed by atoms with Crippen LogP contribution >= 0.6 is 11.3 Å². The Labute approximate surface area is 129 Å². The molecule has 0 saturated carbocycles. The molecule has 1 atom stereocenters. The maximum Gasteiger partial charge on any atom is 0.265 e. The Morgan fingerprint density at radius 1 is 1.52 bits per heavy atom. The number of nitrogens with zero attached hydrogens (tertiary/aromatic N) is 1. The summed E-state index contributed by atoms with van der Waals surface area (Å²) in [6.07, 6.45) is 2.15. The van der Waals surface area contributed by atoms with E-state index in [0.29, 0.717) is 22.5 Å². The summed E-state index contributed by atoms with van der Waals surface area (Å²) in [7, 11) is 0. The number of amides is 1. The van der Waals surface area contributed by atoms with Gasteiger partial charge in [-0.25, -0.2) is 4.98 Å². The molecule has 118 valence electrons. The first-order valence-electron chi connectivity index (χ1n) is 7.25. The van der Waals surface area contributed by atoms with Crippen LogP contribution in [0.15, 0.2) is 0 Å². The van der Waals surface area contributed by atoms with Gasteiger partial charge >= 0.3 is 0 Å². The molecule has 1 aromatic rings. The van der Waals surface area contributed by atoms with Crippen molar-refractivity contribution in [3.05, 3.63) is 4.88 Å². The van der Waals surface area contributed by atoms with E-state index in [9.17, 15) is 4.79 Å². The van der Waals surface area contributed by atoms with Crippen molar-refractivity contribution in [1.29, 1.82) is 0 Å². The van der Waals surface area contributed by atoms with Crippen molar-refractivity contribution in [3.8, 4) is 0 Å². The molecule has 0 bridgehead atoms. The van der Waals surface area contributed by atoms with Gasteiger partial charge in [0.1, 0.15) is 10.7 Å². The lowest BCUT2D eigenvalue weighted by atomic mass is 10.0. The second-order valence-corrected chi connectivity index (χ2v) is 7.40. The van der Waals surface area contributed by atoms with Gasteiger partial charge in [0.25, 0.3) is 5.91 Å². The topological polar surface area (TPSA) is 89.3 Å². The maximum atomic E-state index is 12.2. The second kappa shape index (κ2) is 6.62. The number of nitrogens with one attached hydrogen (secondary N) is 2. The van der Waals surface area contributed by atoms with Crippen LogP contribution in [-0.2, 0) is 4.74 Å². The quantitative estimate of drug-likeness (QED) is 0.792. The molecule has 1 aliphatic heterocycles. The SMILES string of the molecule is CC(C)(C)Nc1nc(N)c(C(=O)NCC2CCCOC2)s1. The van der Waals surface area contributed by atoms with Crippen LogP contribution in [0.25, 0.3) is 0 Å². The number of anilines is 2. The van der Waals surface area contributed by atoms with Crippen molar-refractivity contribution in [3.63, 3.8) is 0 Å². The number of hydrogen-bond acceptors (Lipinski definition) is 6. The Balaban J connectivity index is 1.92. The van der Waals surface area contributed by atoms with Crippen LogP contribution in [0.4, 0.5) is 10.9 Å². The van der Waals surface area contributed by atoms with Crippen LogP contribution in [0.2, 0.25) is 0 Å². The van der Waals surface area contributed by atoms with Gasteiger partial charge in [0.15, 0.2) is 5.13 Å². The Hall–Kier alpha value is -1.34. The molecule has 1 aliphatic rings. The van der Waals surface area contributed by atoms with Crippen molar-refractivity contribution < 1.29 is 9.53 Å². The van der Waals surface area contributed by atoms with E-state index in [-0.39, 0.29) is 17.3 Å². The van der Waals surface area contributed by atoms with E-state index >= 15 is 0 Å². The predicted octanol–water partition coefficient (Wildman–Crippen LogP) is 2.09. The highest BCUT2D eigenvalue weighted by Gasteiger charge is 2.20. The summed E-state index contributed by atoms with van der Waals surface area (Å²) in [6, 6.07) is 0. The first-order chi connectivity index (χ1) is 9.85. The van der Waals surface area contributed by atoms with Crippen LogP contribution in [0, 0.1) is 5.92 Å². The third kappa shape index (κ3) is 4.86. The van der Waals surface area contributed by atoms with Gasteiger partial charge in [-0.05, 0) is 39.5 Å². The van der Waals surface area contributed by atoms with Crippen LogP contribution in [-0.4, -0.2) is 36.2 Å². The van der Waals surface area contributed by atoms with Crippen LogP contribution in [0.5, 0.6) is 0 Å². The molecule has 0 spiro atoms.